The van der Waals surface area contributed by atoms with Gasteiger partial charge in [0.15, 0.2) is 11.6 Å². The van der Waals surface area contributed by atoms with Gasteiger partial charge in [-0.3, -0.25) is 4.57 Å². The smallest absolute Gasteiger partial charge is 0.238 e. The molecule has 0 N–H and O–H groups in total. The van der Waals surface area contributed by atoms with Crippen LogP contribution in [0.15, 0.2) is 162 Å². The second kappa shape index (κ2) is 10.9. The summed E-state index contributed by atoms with van der Waals surface area (Å²) < 4.78 is 11.1. The van der Waals surface area contributed by atoms with Crippen molar-refractivity contribution in [2.24, 2.45) is 0 Å². The summed E-state index contributed by atoms with van der Waals surface area (Å²) in [4.78, 5) is 15.6. The molecule has 51 heavy (non-hydrogen) atoms. The number of nitrogens with zero attached hydrogens (tertiary/aromatic N) is 4. The molecule has 0 aliphatic heterocycles. The summed E-state index contributed by atoms with van der Waals surface area (Å²) in [6.07, 6.45) is 0. The Balaban J connectivity index is 1.20. The van der Waals surface area contributed by atoms with Crippen molar-refractivity contribution in [3.63, 3.8) is 0 Å². The molecule has 0 aliphatic carbocycles. The van der Waals surface area contributed by atoms with Crippen LogP contribution in [0.25, 0.3) is 104 Å². The van der Waals surface area contributed by atoms with Crippen molar-refractivity contribution in [2.75, 3.05) is 0 Å². The number of rotatable bonds is 4. The lowest BCUT2D eigenvalue weighted by atomic mass is 10.0. The molecule has 0 bridgehead atoms. The molecule has 0 amide bonds. The summed E-state index contributed by atoms with van der Waals surface area (Å²) in [6.45, 7) is 0. The van der Waals surface area contributed by atoms with Crippen LogP contribution in [0.4, 0.5) is 0 Å². The molecule has 7 aromatic carbocycles. The van der Waals surface area contributed by atoms with Gasteiger partial charge in [-0.25, -0.2) is 4.98 Å². The van der Waals surface area contributed by atoms with Gasteiger partial charge in [0.05, 0.1) is 11.0 Å². The van der Waals surface area contributed by atoms with Crippen LogP contribution in [0.5, 0.6) is 0 Å². The molecule has 0 atom stereocenters. The van der Waals surface area contributed by atoms with E-state index in [1.54, 1.807) is 0 Å². The highest BCUT2D eigenvalue weighted by Crippen LogP contribution is 2.42. The van der Waals surface area contributed by atoms with E-state index in [0.29, 0.717) is 17.6 Å². The van der Waals surface area contributed by atoms with E-state index in [1.807, 2.05) is 72.0 Å². The molecule has 5 nitrogen and oxygen atoms in total. The Morgan fingerprint density at radius 3 is 2.06 bits per heavy atom. The molecular formula is C45H26N4OS. The SMILES string of the molecule is c1ccc(-c2nc(-c3cccc4oc5ccccc5c34)nc(-n3c4ccccc4c4ccc(-c5cccc6c5sc5ccccc56)cc43)n2)cc1. The first kappa shape index (κ1) is 28.2. The van der Waals surface area contributed by atoms with Gasteiger partial charge in [-0.15, -0.1) is 11.3 Å². The van der Waals surface area contributed by atoms with Crippen molar-refractivity contribution in [1.82, 2.24) is 19.5 Å². The third kappa shape index (κ3) is 4.30. The topological polar surface area (TPSA) is 56.7 Å². The van der Waals surface area contributed by atoms with E-state index in [-0.39, 0.29) is 0 Å². The normalized spacial score (nSPS) is 11.9. The van der Waals surface area contributed by atoms with E-state index in [1.165, 1.54) is 25.7 Å². The molecule has 11 aromatic rings. The zero-order chi connectivity index (χ0) is 33.5. The molecule has 4 heterocycles. The molecule has 0 spiro atoms. The molecule has 0 radical (unpaired) electrons. The zero-order valence-electron chi connectivity index (χ0n) is 27.1. The number of fused-ring (bicyclic) bond motifs is 9. The predicted molar refractivity (Wildman–Crippen MR) is 211 cm³/mol. The maximum atomic E-state index is 6.28. The summed E-state index contributed by atoms with van der Waals surface area (Å²) in [7, 11) is 0. The van der Waals surface area contributed by atoms with E-state index < -0.39 is 0 Å². The summed E-state index contributed by atoms with van der Waals surface area (Å²) >= 11 is 1.85. The average molecular weight is 671 g/mol. The third-order valence-corrected chi connectivity index (χ3v) is 11.1. The Kier molecular flexibility index (Phi) is 6.05. The Labute approximate surface area is 295 Å². The van der Waals surface area contributed by atoms with Crippen LogP contribution in [-0.4, -0.2) is 19.5 Å². The van der Waals surface area contributed by atoms with E-state index in [9.17, 15) is 0 Å². The minimum atomic E-state index is 0.562. The van der Waals surface area contributed by atoms with Gasteiger partial charge in [0.2, 0.25) is 5.95 Å². The number of hydrogen-bond acceptors (Lipinski definition) is 5. The first-order chi connectivity index (χ1) is 25.3. The van der Waals surface area contributed by atoms with Gasteiger partial charge in [-0.05, 0) is 41.5 Å². The molecule has 6 heteroatoms. The maximum Gasteiger partial charge on any atom is 0.238 e. The second-order valence-corrected chi connectivity index (χ2v) is 13.8. The lowest BCUT2D eigenvalue weighted by molar-refractivity contribution is 0.669. The largest absolute Gasteiger partial charge is 0.456 e. The summed E-state index contributed by atoms with van der Waals surface area (Å²) in [5, 5.41) is 6.88. The summed E-state index contributed by atoms with van der Waals surface area (Å²) in [5.74, 6) is 1.76. The Morgan fingerprint density at radius 2 is 1.14 bits per heavy atom. The standard InChI is InChI=1S/C45H26N4OS/c1-2-12-27(13-3-1)43-46-44(35-19-11-22-39-41(35)34-16-5-8-21-38(34)50-39)48-45(47-43)49-36-20-7-4-14-30(36)31-25-24-28(26-37(31)49)29-17-10-18-33-32-15-6-9-23-40(32)51-42(29)33/h1-26H. The molecule has 0 saturated carbocycles. The lowest BCUT2D eigenvalue weighted by Crippen LogP contribution is -2.06. The van der Waals surface area contributed by atoms with Crippen LogP contribution < -0.4 is 0 Å². The third-order valence-electron chi connectivity index (χ3n) is 9.89. The van der Waals surface area contributed by atoms with Gasteiger partial charge in [-0.2, -0.15) is 9.97 Å². The van der Waals surface area contributed by atoms with Crippen LogP contribution in [0.1, 0.15) is 0 Å². The Hall–Kier alpha value is -6.63. The number of para-hydroxylation sites is 2. The fraction of sp³-hybridized carbons (Fsp3) is 0. The van der Waals surface area contributed by atoms with E-state index in [0.717, 1.165) is 60.4 Å². The van der Waals surface area contributed by atoms with Crippen LogP contribution in [0.2, 0.25) is 0 Å². The van der Waals surface area contributed by atoms with Crippen molar-refractivity contribution in [2.45, 2.75) is 0 Å². The van der Waals surface area contributed by atoms with Gasteiger partial charge in [0, 0.05) is 52.8 Å². The molecule has 0 fully saturated rings. The minimum Gasteiger partial charge on any atom is -0.456 e. The van der Waals surface area contributed by atoms with Crippen LogP contribution in [0.3, 0.4) is 0 Å². The lowest BCUT2D eigenvalue weighted by Gasteiger charge is -2.12. The van der Waals surface area contributed by atoms with E-state index >= 15 is 0 Å². The van der Waals surface area contributed by atoms with Gasteiger partial charge >= 0.3 is 0 Å². The number of benzene rings is 7. The maximum absolute atomic E-state index is 6.28. The van der Waals surface area contributed by atoms with Crippen molar-refractivity contribution in [3.8, 4) is 39.9 Å². The molecule has 0 saturated heterocycles. The minimum absolute atomic E-state index is 0.562. The fourth-order valence-corrected chi connectivity index (χ4v) is 8.83. The van der Waals surface area contributed by atoms with Crippen molar-refractivity contribution in [3.05, 3.63) is 158 Å². The number of furan rings is 1. The Bertz CT molecular complexity index is 3150. The van der Waals surface area contributed by atoms with Crippen molar-refractivity contribution >= 4 is 75.3 Å². The Morgan fingerprint density at radius 1 is 0.451 bits per heavy atom. The highest BCUT2D eigenvalue weighted by Gasteiger charge is 2.21. The highest BCUT2D eigenvalue weighted by molar-refractivity contribution is 7.26. The quantitative estimate of drug-likeness (QED) is 0.187. The van der Waals surface area contributed by atoms with Gasteiger partial charge < -0.3 is 4.42 Å². The van der Waals surface area contributed by atoms with Gasteiger partial charge in [-0.1, -0.05) is 127 Å². The van der Waals surface area contributed by atoms with Crippen molar-refractivity contribution in [1.29, 1.82) is 0 Å². The first-order valence-corrected chi connectivity index (χ1v) is 17.8. The first-order valence-electron chi connectivity index (χ1n) is 16.9. The molecule has 0 aliphatic rings. The molecule has 0 unspecified atom stereocenters. The number of aromatic nitrogens is 4. The monoisotopic (exact) mass is 670 g/mol. The van der Waals surface area contributed by atoms with Gasteiger partial charge in [0.1, 0.15) is 11.2 Å². The molecule has 11 rings (SSSR count). The van der Waals surface area contributed by atoms with E-state index in [4.69, 9.17) is 19.4 Å². The van der Waals surface area contributed by atoms with Crippen LogP contribution in [0, 0.1) is 0 Å². The highest BCUT2D eigenvalue weighted by atomic mass is 32.1. The summed E-state index contributed by atoms with van der Waals surface area (Å²) in [5.41, 5.74) is 7.89. The summed E-state index contributed by atoms with van der Waals surface area (Å²) in [6, 6.07) is 54.9. The fourth-order valence-electron chi connectivity index (χ4n) is 7.59. The second-order valence-electron chi connectivity index (χ2n) is 12.8. The molecular weight excluding hydrogens is 645 g/mol. The van der Waals surface area contributed by atoms with Crippen LogP contribution in [-0.2, 0) is 0 Å². The molecule has 4 aromatic heterocycles. The average Bonchev–Trinajstić information content (AvgIpc) is 3.87. The predicted octanol–water partition coefficient (Wildman–Crippen LogP) is 12.2. The van der Waals surface area contributed by atoms with E-state index in [2.05, 4.69) is 102 Å². The zero-order valence-corrected chi connectivity index (χ0v) is 27.9. The molecule has 238 valence electrons. The number of thiophene rings is 1. The van der Waals surface area contributed by atoms with Crippen molar-refractivity contribution < 1.29 is 4.42 Å². The van der Waals surface area contributed by atoms with Crippen LogP contribution >= 0.6 is 11.3 Å². The number of hydrogen-bond donors (Lipinski definition) is 0. The van der Waals surface area contributed by atoms with Gasteiger partial charge in [0.25, 0.3) is 0 Å².